The number of nitrogens with zero attached hydrogens (tertiary/aromatic N) is 2. The molecule has 0 aromatic heterocycles. The smallest absolute Gasteiger partial charge is 0.170 e. The number of benzene rings is 1. The average Bonchev–Trinajstić information content (AvgIpc) is 2.91. The lowest BCUT2D eigenvalue weighted by molar-refractivity contribution is 0.271. The van der Waals surface area contributed by atoms with Crippen molar-refractivity contribution >= 4 is 5.84 Å². The van der Waals surface area contributed by atoms with Crippen molar-refractivity contribution in [2.24, 2.45) is 16.8 Å². The molecule has 1 aliphatic carbocycles. The van der Waals surface area contributed by atoms with Crippen molar-refractivity contribution in [3.8, 4) is 0 Å². The number of hydrogen-bond acceptors (Lipinski definition) is 3. The first-order valence-electron chi connectivity index (χ1n) is 6.94. The summed E-state index contributed by atoms with van der Waals surface area (Å²) in [6.45, 7) is 2.13. The van der Waals surface area contributed by atoms with Crippen LogP contribution in [-0.2, 0) is 6.54 Å². The van der Waals surface area contributed by atoms with E-state index in [1.165, 1.54) is 37.8 Å². The van der Waals surface area contributed by atoms with E-state index in [-0.39, 0.29) is 5.84 Å². The molecule has 1 aromatic rings. The van der Waals surface area contributed by atoms with Gasteiger partial charge >= 0.3 is 0 Å². The SMILES string of the molecule is CN(Cc1ccc(/C(N)=N/O)cc1)CC1CCCC1. The van der Waals surface area contributed by atoms with Gasteiger partial charge in [0.15, 0.2) is 5.84 Å². The molecule has 2 rings (SSSR count). The van der Waals surface area contributed by atoms with Crippen molar-refractivity contribution in [2.45, 2.75) is 32.2 Å². The van der Waals surface area contributed by atoms with E-state index < -0.39 is 0 Å². The lowest BCUT2D eigenvalue weighted by Crippen LogP contribution is -2.24. The maximum atomic E-state index is 8.62. The molecule has 1 aliphatic rings. The van der Waals surface area contributed by atoms with Crippen molar-refractivity contribution in [2.75, 3.05) is 13.6 Å². The minimum Gasteiger partial charge on any atom is -0.409 e. The van der Waals surface area contributed by atoms with Gasteiger partial charge in [0.2, 0.25) is 0 Å². The predicted octanol–water partition coefficient (Wildman–Crippen LogP) is 2.40. The topological polar surface area (TPSA) is 61.8 Å². The van der Waals surface area contributed by atoms with Gasteiger partial charge in [0.05, 0.1) is 0 Å². The second kappa shape index (κ2) is 6.57. The molecule has 0 radical (unpaired) electrons. The van der Waals surface area contributed by atoms with Crippen LogP contribution in [0.4, 0.5) is 0 Å². The largest absolute Gasteiger partial charge is 0.409 e. The highest BCUT2D eigenvalue weighted by Gasteiger charge is 2.16. The Bertz CT molecular complexity index is 422. The van der Waals surface area contributed by atoms with Crippen LogP contribution in [0.1, 0.15) is 36.8 Å². The van der Waals surface area contributed by atoms with E-state index in [1.54, 1.807) is 0 Å². The third-order valence-electron chi connectivity index (χ3n) is 3.85. The molecule has 0 spiro atoms. The van der Waals surface area contributed by atoms with Crippen LogP contribution in [0.15, 0.2) is 29.4 Å². The van der Waals surface area contributed by atoms with Gasteiger partial charge in [-0.2, -0.15) is 0 Å². The maximum Gasteiger partial charge on any atom is 0.170 e. The van der Waals surface area contributed by atoms with E-state index in [0.717, 1.165) is 18.0 Å². The number of amidine groups is 1. The maximum absolute atomic E-state index is 8.62. The third-order valence-corrected chi connectivity index (χ3v) is 3.85. The Balaban J connectivity index is 1.88. The Hall–Kier alpha value is -1.55. The van der Waals surface area contributed by atoms with Gasteiger partial charge < -0.3 is 15.8 Å². The molecule has 0 heterocycles. The molecule has 0 atom stereocenters. The lowest BCUT2D eigenvalue weighted by Gasteiger charge is -2.20. The summed E-state index contributed by atoms with van der Waals surface area (Å²) in [7, 11) is 2.18. The zero-order chi connectivity index (χ0) is 13.7. The highest BCUT2D eigenvalue weighted by atomic mass is 16.4. The molecule has 1 aromatic carbocycles. The van der Waals surface area contributed by atoms with Crippen LogP contribution >= 0.6 is 0 Å². The molecule has 104 valence electrons. The molecular formula is C15H23N3O. The lowest BCUT2D eigenvalue weighted by atomic mass is 10.1. The Morgan fingerprint density at radius 2 is 1.95 bits per heavy atom. The summed E-state index contributed by atoms with van der Waals surface area (Å²) in [6.07, 6.45) is 5.56. The van der Waals surface area contributed by atoms with Crippen LogP contribution in [0.25, 0.3) is 0 Å². The van der Waals surface area contributed by atoms with E-state index in [1.807, 2.05) is 24.3 Å². The van der Waals surface area contributed by atoms with Crippen LogP contribution in [0.5, 0.6) is 0 Å². The Labute approximate surface area is 114 Å². The summed E-state index contributed by atoms with van der Waals surface area (Å²) >= 11 is 0. The fraction of sp³-hybridized carbons (Fsp3) is 0.533. The number of hydrogen-bond donors (Lipinski definition) is 2. The molecule has 4 heteroatoms. The molecule has 0 amide bonds. The number of rotatable bonds is 5. The van der Waals surface area contributed by atoms with Gasteiger partial charge in [-0.15, -0.1) is 0 Å². The monoisotopic (exact) mass is 261 g/mol. The first-order valence-corrected chi connectivity index (χ1v) is 6.94. The standard InChI is InChI=1S/C15H23N3O/c1-18(10-12-4-2-3-5-12)11-13-6-8-14(9-7-13)15(16)17-19/h6-9,12,19H,2-5,10-11H2,1H3,(H2,16,17). The first kappa shape index (κ1) is 13.9. The fourth-order valence-electron chi connectivity index (χ4n) is 2.85. The van der Waals surface area contributed by atoms with Gasteiger partial charge in [-0.25, -0.2) is 0 Å². The quantitative estimate of drug-likeness (QED) is 0.370. The van der Waals surface area contributed by atoms with E-state index in [2.05, 4.69) is 17.1 Å². The minimum atomic E-state index is 0.158. The number of nitrogens with two attached hydrogens (primary N) is 1. The van der Waals surface area contributed by atoms with E-state index in [4.69, 9.17) is 10.9 Å². The van der Waals surface area contributed by atoms with Crippen LogP contribution in [-0.4, -0.2) is 29.5 Å². The second-order valence-corrected chi connectivity index (χ2v) is 5.53. The highest BCUT2D eigenvalue weighted by Crippen LogP contribution is 2.25. The molecule has 0 bridgehead atoms. The van der Waals surface area contributed by atoms with E-state index in [0.29, 0.717) is 0 Å². The molecule has 19 heavy (non-hydrogen) atoms. The van der Waals surface area contributed by atoms with Gasteiger partial charge in [0.25, 0.3) is 0 Å². The van der Waals surface area contributed by atoms with Crippen LogP contribution in [0.3, 0.4) is 0 Å². The Morgan fingerprint density at radius 3 is 2.53 bits per heavy atom. The summed E-state index contributed by atoms with van der Waals surface area (Å²) in [5.74, 6) is 1.03. The minimum absolute atomic E-state index is 0.158. The zero-order valence-corrected chi connectivity index (χ0v) is 11.5. The molecule has 0 aliphatic heterocycles. The normalized spacial score (nSPS) is 17.3. The Morgan fingerprint density at radius 1 is 1.32 bits per heavy atom. The zero-order valence-electron chi connectivity index (χ0n) is 11.5. The average molecular weight is 261 g/mol. The first-order chi connectivity index (χ1) is 9.19. The molecule has 0 saturated heterocycles. The molecule has 1 saturated carbocycles. The highest BCUT2D eigenvalue weighted by molar-refractivity contribution is 5.96. The molecular weight excluding hydrogens is 238 g/mol. The van der Waals surface area contributed by atoms with Crippen molar-refractivity contribution in [1.29, 1.82) is 0 Å². The van der Waals surface area contributed by atoms with Crippen LogP contribution < -0.4 is 5.73 Å². The van der Waals surface area contributed by atoms with E-state index >= 15 is 0 Å². The van der Waals surface area contributed by atoms with Crippen LogP contribution in [0, 0.1) is 5.92 Å². The van der Waals surface area contributed by atoms with Gasteiger partial charge in [0, 0.05) is 18.7 Å². The van der Waals surface area contributed by atoms with Gasteiger partial charge in [-0.1, -0.05) is 42.3 Å². The fourth-order valence-corrected chi connectivity index (χ4v) is 2.85. The predicted molar refractivity (Wildman–Crippen MR) is 77.2 cm³/mol. The van der Waals surface area contributed by atoms with Gasteiger partial charge in [0.1, 0.15) is 0 Å². The molecule has 0 unspecified atom stereocenters. The van der Waals surface area contributed by atoms with Crippen molar-refractivity contribution < 1.29 is 5.21 Å². The second-order valence-electron chi connectivity index (χ2n) is 5.53. The van der Waals surface area contributed by atoms with Crippen LogP contribution in [0.2, 0.25) is 0 Å². The third kappa shape index (κ3) is 3.96. The van der Waals surface area contributed by atoms with Crippen molar-refractivity contribution in [3.63, 3.8) is 0 Å². The van der Waals surface area contributed by atoms with Crippen molar-refractivity contribution in [1.82, 2.24) is 4.90 Å². The summed E-state index contributed by atoms with van der Waals surface area (Å²) in [5.41, 5.74) is 7.56. The summed E-state index contributed by atoms with van der Waals surface area (Å²) in [5, 5.41) is 11.6. The molecule has 3 N–H and O–H groups in total. The summed E-state index contributed by atoms with van der Waals surface area (Å²) in [6, 6.07) is 7.87. The van der Waals surface area contributed by atoms with Gasteiger partial charge in [-0.05, 0) is 31.4 Å². The van der Waals surface area contributed by atoms with Crippen molar-refractivity contribution in [3.05, 3.63) is 35.4 Å². The molecule has 1 fully saturated rings. The molecule has 4 nitrogen and oxygen atoms in total. The summed E-state index contributed by atoms with van der Waals surface area (Å²) < 4.78 is 0. The van der Waals surface area contributed by atoms with Gasteiger partial charge in [-0.3, -0.25) is 0 Å². The number of oxime groups is 1. The summed E-state index contributed by atoms with van der Waals surface area (Å²) in [4.78, 5) is 2.38. The Kier molecular flexibility index (Phi) is 4.80. The van der Waals surface area contributed by atoms with E-state index in [9.17, 15) is 0 Å².